The number of thiophene rings is 1. The fraction of sp³-hybridized carbons (Fsp3) is 0.208. The van der Waals surface area contributed by atoms with Crippen LogP contribution in [0, 0.1) is 6.92 Å². The maximum absolute atomic E-state index is 13.3. The lowest BCUT2D eigenvalue weighted by atomic mass is 10.1. The smallest absolute Gasteiger partial charge is 0.252 e. The van der Waals surface area contributed by atoms with Gasteiger partial charge in [-0.25, -0.2) is 19.3 Å². The van der Waals surface area contributed by atoms with E-state index in [1.54, 1.807) is 28.5 Å². The van der Waals surface area contributed by atoms with Gasteiger partial charge in [-0.3, -0.25) is 4.79 Å². The van der Waals surface area contributed by atoms with Gasteiger partial charge in [-0.05, 0) is 56.7 Å². The van der Waals surface area contributed by atoms with Gasteiger partial charge in [-0.2, -0.15) is 10.2 Å². The molecule has 0 spiro atoms. The molecule has 0 fully saturated rings. The summed E-state index contributed by atoms with van der Waals surface area (Å²) in [7, 11) is 0. The molecule has 0 atom stereocenters. The molecule has 1 amide bonds. The Hall–Kier alpha value is -3.85. The van der Waals surface area contributed by atoms with Gasteiger partial charge in [0.05, 0.1) is 33.4 Å². The summed E-state index contributed by atoms with van der Waals surface area (Å²) in [5.41, 5.74) is 3.98. The van der Waals surface area contributed by atoms with Crippen LogP contribution in [0.3, 0.4) is 0 Å². The molecule has 33 heavy (non-hydrogen) atoms. The molecule has 0 aliphatic carbocycles. The molecule has 4 aromatic heterocycles. The standard InChI is InChI=1S/C24H23N7OS/c1-15(2)31-23-20(12-27-31)19(10-21(29-23)22-9-4-16(3)33-22)24(32)26-11-17-5-7-18(8-6-17)30-14-25-13-28-30/h4-10,12-15H,11H2,1-3H3,(H,26,32). The van der Waals surface area contributed by atoms with E-state index in [9.17, 15) is 4.79 Å². The highest BCUT2D eigenvalue weighted by atomic mass is 32.1. The highest BCUT2D eigenvalue weighted by Gasteiger charge is 2.19. The zero-order chi connectivity index (χ0) is 22.9. The lowest BCUT2D eigenvalue weighted by molar-refractivity contribution is 0.0952. The first-order valence-electron chi connectivity index (χ1n) is 10.7. The number of nitrogens with one attached hydrogen (secondary N) is 1. The Morgan fingerprint density at radius 1 is 1.12 bits per heavy atom. The topological polar surface area (TPSA) is 90.5 Å². The number of carbonyl (C=O) groups is 1. The fourth-order valence-electron chi connectivity index (χ4n) is 3.67. The van der Waals surface area contributed by atoms with Crippen molar-refractivity contribution >= 4 is 28.3 Å². The number of hydrogen-bond donors (Lipinski definition) is 1. The molecule has 0 saturated heterocycles. The minimum Gasteiger partial charge on any atom is -0.348 e. The number of nitrogens with zero attached hydrogens (tertiary/aromatic N) is 6. The summed E-state index contributed by atoms with van der Waals surface area (Å²) in [6.07, 6.45) is 4.87. The Labute approximate surface area is 194 Å². The number of aromatic nitrogens is 6. The molecule has 0 saturated carbocycles. The molecule has 5 rings (SSSR count). The van der Waals surface area contributed by atoms with Gasteiger partial charge in [0.1, 0.15) is 12.7 Å². The number of carbonyl (C=O) groups excluding carboxylic acids is 1. The summed E-state index contributed by atoms with van der Waals surface area (Å²) < 4.78 is 3.55. The minimum atomic E-state index is -0.152. The highest BCUT2D eigenvalue weighted by Crippen LogP contribution is 2.30. The Balaban J connectivity index is 1.43. The summed E-state index contributed by atoms with van der Waals surface area (Å²) in [6, 6.07) is 13.9. The van der Waals surface area contributed by atoms with Gasteiger partial charge in [-0.15, -0.1) is 11.3 Å². The van der Waals surface area contributed by atoms with Gasteiger partial charge >= 0.3 is 0 Å². The maximum atomic E-state index is 13.3. The molecule has 166 valence electrons. The highest BCUT2D eigenvalue weighted by molar-refractivity contribution is 7.15. The van der Waals surface area contributed by atoms with Crippen LogP contribution in [-0.4, -0.2) is 35.4 Å². The van der Waals surface area contributed by atoms with Crippen molar-refractivity contribution in [1.82, 2.24) is 34.8 Å². The summed E-state index contributed by atoms with van der Waals surface area (Å²) in [5, 5.41) is 12.4. The van der Waals surface area contributed by atoms with E-state index >= 15 is 0 Å². The van der Waals surface area contributed by atoms with Crippen LogP contribution in [0.4, 0.5) is 0 Å². The van der Waals surface area contributed by atoms with E-state index in [0.717, 1.165) is 32.9 Å². The number of rotatable bonds is 6. The molecule has 8 nitrogen and oxygen atoms in total. The molecule has 0 unspecified atom stereocenters. The van der Waals surface area contributed by atoms with Crippen LogP contribution in [0.15, 0.2) is 61.3 Å². The van der Waals surface area contributed by atoms with Gasteiger partial charge in [-0.1, -0.05) is 12.1 Å². The van der Waals surface area contributed by atoms with Gasteiger partial charge in [0.15, 0.2) is 5.65 Å². The first kappa shape index (κ1) is 21.0. The van der Waals surface area contributed by atoms with E-state index in [1.165, 1.54) is 11.2 Å². The van der Waals surface area contributed by atoms with Crippen molar-refractivity contribution in [3.8, 4) is 16.3 Å². The fourth-order valence-corrected chi connectivity index (χ4v) is 4.50. The van der Waals surface area contributed by atoms with Crippen molar-refractivity contribution in [2.24, 2.45) is 0 Å². The van der Waals surface area contributed by atoms with Crippen LogP contribution in [0.1, 0.15) is 40.7 Å². The summed E-state index contributed by atoms with van der Waals surface area (Å²) in [5.74, 6) is -0.152. The molecule has 1 N–H and O–H groups in total. The molecular formula is C24H23N7OS. The third-order valence-corrected chi connectivity index (χ3v) is 6.39. The van der Waals surface area contributed by atoms with E-state index in [0.29, 0.717) is 12.1 Å². The molecular weight excluding hydrogens is 434 g/mol. The Morgan fingerprint density at radius 2 is 1.94 bits per heavy atom. The predicted octanol–water partition coefficient (Wildman–Crippen LogP) is 4.56. The zero-order valence-corrected chi connectivity index (χ0v) is 19.4. The van der Waals surface area contributed by atoms with Crippen LogP contribution in [0.2, 0.25) is 0 Å². The first-order valence-corrected chi connectivity index (χ1v) is 11.5. The lowest BCUT2D eigenvalue weighted by Gasteiger charge is -2.11. The van der Waals surface area contributed by atoms with Crippen LogP contribution >= 0.6 is 11.3 Å². The first-order chi connectivity index (χ1) is 16.0. The van der Waals surface area contributed by atoms with Crippen molar-refractivity contribution in [2.75, 3.05) is 0 Å². The lowest BCUT2D eigenvalue weighted by Crippen LogP contribution is -2.23. The van der Waals surface area contributed by atoms with Crippen molar-refractivity contribution in [1.29, 1.82) is 0 Å². The number of benzene rings is 1. The van der Waals surface area contributed by atoms with E-state index in [4.69, 9.17) is 4.98 Å². The van der Waals surface area contributed by atoms with Crippen LogP contribution in [0.25, 0.3) is 27.3 Å². The van der Waals surface area contributed by atoms with Crippen molar-refractivity contribution in [3.63, 3.8) is 0 Å². The molecule has 0 bridgehead atoms. The summed E-state index contributed by atoms with van der Waals surface area (Å²) in [4.78, 5) is 24.3. The Bertz CT molecular complexity index is 1420. The normalized spacial score (nSPS) is 11.4. The number of aryl methyl sites for hydroxylation is 1. The van der Waals surface area contributed by atoms with Crippen molar-refractivity contribution in [2.45, 2.75) is 33.4 Å². The second kappa shape index (κ2) is 8.59. The van der Waals surface area contributed by atoms with E-state index in [1.807, 2.05) is 41.1 Å². The minimum absolute atomic E-state index is 0.134. The third-order valence-electron chi connectivity index (χ3n) is 5.37. The third kappa shape index (κ3) is 4.14. The van der Waals surface area contributed by atoms with Crippen LogP contribution in [-0.2, 0) is 6.54 Å². The second-order valence-electron chi connectivity index (χ2n) is 8.07. The number of hydrogen-bond acceptors (Lipinski definition) is 6. The average molecular weight is 458 g/mol. The van der Waals surface area contributed by atoms with E-state index < -0.39 is 0 Å². The Morgan fingerprint density at radius 3 is 2.61 bits per heavy atom. The molecule has 0 aliphatic rings. The largest absolute Gasteiger partial charge is 0.348 e. The van der Waals surface area contributed by atoms with Crippen molar-refractivity contribution in [3.05, 3.63) is 77.3 Å². The molecule has 4 heterocycles. The monoisotopic (exact) mass is 457 g/mol. The second-order valence-corrected chi connectivity index (χ2v) is 9.36. The van der Waals surface area contributed by atoms with Crippen LogP contribution < -0.4 is 5.32 Å². The maximum Gasteiger partial charge on any atom is 0.252 e. The molecule has 5 aromatic rings. The molecule has 1 aromatic carbocycles. The van der Waals surface area contributed by atoms with Gasteiger partial charge in [0.2, 0.25) is 0 Å². The molecule has 0 radical (unpaired) electrons. The number of pyridine rings is 1. The SMILES string of the molecule is Cc1ccc(-c2cc(C(=O)NCc3ccc(-n4cncn4)cc3)c3cnn(C(C)C)c3n2)s1. The molecule has 9 heteroatoms. The average Bonchev–Trinajstić information content (AvgIpc) is 3.57. The Kier molecular flexibility index (Phi) is 5.47. The van der Waals surface area contributed by atoms with Gasteiger partial charge in [0.25, 0.3) is 5.91 Å². The van der Waals surface area contributed by atoms with E-state index in [-0.39, 0.29) is 11.9 Å². The number of amides is 1. The zero-order valence-electron chi connectivity index (χ0n) is 18.6. The van der Waals surface area contributed by atoms with Crippen molar-refractivity contribution < 1.29 is 4.79 Å². The number of fused-ring (bicyclic) bond motifs is 1. The van der Waals surface area contributed by atoms with Gasteiger partial charge < -0.3 is 5.32 Å². The summed E-state index contributed by atoms with van der Waals surface area (Å²) >= 11 is 1.66. The predicted molar refractivity (Wildman–Crippen MR) is 128 cm³/mol. The van der Waals surface area contributed by atoms with Crippen LogP contribution in [0.5, 0.6) is 0 Å². The van der Waals surface area contributed by atoms with E-state index in [2.05, 4.69) is 47.3 Å². The summed E-state index contributed by atoms with van der Waals surface area (Å²) in [6.45, 7) is 6.58. The quantitative estimate of drug-likeness (QED) is 0.404. The molecule has 0 aliphatic heterocycles. The van der Waals surface area contributed by atoms with Gasteiger partial charge in [0, 0.05) is 17.5 Å².